The third-order valence-corrected chi connectivity index (χ3v) is 4.48. The van der Waals surface area contributed by atoms with Crippen molar-refractivity contribution >= 4 is 12.4 Å². The number of aldehydes is 1. The number of rotatable bonds is 18. The summed E-state index contributed by atoms with van der Waals surface area (Å²) in [7, 11) is 0. The molecule has 26 heavy (non-hydrogen) atoms. The van der Waals surface area contributed by atoms with Crippen LogP contribution in [0.1, 0.15) is 123 Å². The third-order valence-electron chi connectivity index (χ3n) is 4.48. The highest BCUT2D eigenvalue weighted by Gasteiger charge is 1.94. The fraction of sp³-hybridized carbons (Fsp3) is 0.909. The molecule has 4 heteroatoms. The molecule has 0 fully saturated rings. The van der Waals surface area contributed by atoms with Gasteiger partial charge < -0.3 is 15.2 Å². The Labute approximate surface area is 162 Å². The predicted molar refractivity (Wildman–Crippen MR) is 112 cm³/mol. The second-order valence-corrected chi connectivity index (χ2v) is 7.14. The summed E-state index contributed by atoms with van der Waals surface area (Å²) >= 11 is 0. The van der Waals surface area contributed by atoms with Crippen molar-refractivity contribution in [2.45, 2.75) is 123 Å². The van der Waals surface area contributed by atoms with E-state index in [-0.39, 0.29) is 0 Å². The van der Waals surface area contributed by atoms with E-state index < -0.39 is 6.09 Å². The number of carbonyl (C=O) groups is 2. The van der Waals surface area contributed by atoms with E-state index in [1.165, 1.54) is 83.5 Å². The predicted octanol–water partition coefficient (Wildman–Crippen LogP) is 7.11. The number of unbranched alkanes of at least 4 members (excludes halogenated alkanes) is 15. The number of carboxylic acid groups (broad SMARTS) is 1. The van der Waals surface area contributed by atoms with Gasteiger partial charge in [0.25, 0.3) is 0 Å². The topological polar surface area (TPSA) is 66.4 Å². The molecule has 0 radical (unpaired) electrons. The summed E-state index contributed by atoms with van der Waals surface area (Å²) in [5, 5.41) is 10.7. The largest absolute Gasteiger partial charge is 0.465 e. The van der Waals surface area contributed by atoms with Gasteiger partial charge in [0.1, 0.15) is 6.29 Å². The van der Waals surface area contributed by atoms with Crippen molar-refractivity contribution in [2.75, 3.05) is 6.54 Å². The summed E-state index contributed by atoms with van der Waals surface area (Å²) < 4.78 is 0. The van der Waals surface area contributed by atoms with Crippen molar-refractivity contribution in [3.63, 3.8) is 0 Å². The molecule has 0 aliphatic rings. The fourth-order valence-electron chi connectivity index (χ4n) is 2.82. The van der Waals surface area contributed by atoms with E-state index in [1.807, 2.05) is 0 Å². The number of hydrogen-bond donors (Lipinski definition) is 2. The van der Waals surface area contributed by atoms with Crippen molar-refractivity contribution in [1.82, 2.24) is 5.32 Å². The number of amides is 1. The van der Waals surface area contributed by atoms with Gasteiger partial charge >= 0.3 is 6.09 Å². The summed E-state index contributed by atoms with van der Waals surface area (Å²) in [4.78, 5) is 20.1. The normalized spacial score (nSPS) is 10.1. The Morgan fingerprint density at radius 3 is 1.46 bits per heavy atom. The minimum absolute atomic E-state index is 0.601. The molecule has 0 saturated heterocycles. The second kappa shape index (κ2) is 26.2. The zero-order valence-electron chi connectivity index (χ0n) is 17.6. The molecule has 0 spiro atoms. The number of nitrogens with one attached hydrogen (secondary N) is 1. The number of hydrogen-bond acceptors (Lipinski definition) is 2. The smallest absolute Gasteiger partial charge is 0.404 e. The Kier molecular flexibility index (Phi) is 27.3. The standard InChI is InChI=1S/C11H23NO2.C11H22O/c1-2-3-4-5-6-7-8-9-10-12-11(13)14;1-2-3-4-5-6-7-8-9-10-11-12/h12H,2-10H2,1H3,(H,13,14);11H,2-10H2,1H3. The maximum absolute atomic E-state index is 10.1. The highest BCUT2D eigenvalue weighted by molar-refractivity contribution is 5.64. The number of carbonyl (C=O) groups excluding carboxylic acids is 1. The minimum Gasteiger partial charge on any atom is -0.465 e. The monoisotopic (exact) mass is 371 g/mol. The average Bonchev–Trinajstić information content (AvgIpc) is 2.63. The molecule has 0 saturated carbocycles. The van der Waals surface area contributed by atoms with Gasteiger partial charge in [-0.15, -0.1) is 0 Å². The molecule has 0 atom stereocenters. The van der Waals surface area contributed by atoms with E-state index in [0.29, 0.717) is 6.54 Å². The molecule has 4 nitrogen and oxygen atoms in total. The molecule has 2 N–H and O–H groups in total. The second-order valence-electron chi connectivity index (χ2n) is 7.14. The maximum atomic E-state index is 10.1. The molecule has 0 heterocycles. The average molecular weight is 372 g/mol. The van der Waals surface area contributed by atoms with Crippen LogP contribution in [0.4, 0.5) is 4.79 Å². The van der Waals surface area contributed by atoms with Gasteiger partial charge in [0.05, 0.1) is 0 Å². The van der Waals surface area contributed by atoms with E-state index in [9.17, 15) is 9.59 Å². The lowest BCUT2D eigenvalue weighted by Gasteiger charge is -2.01. The van der Waals surface area contributed by atoms with Crippen LogP contribution in [0.2, 0.25) is 0 Å². The Morgan fingerprint density at radius 1 is 0.692 bits per heavy atom. The first-order chi connectivity index (χ1) is 12.7. The Hall–Kier alpha value is -1.06. The van der Waals surface area contributed by atoms with E-state index in [4.69, 9.17) is 5.11 Å². The molecule has 0 bridgehead atoms. The van der Waals surface area contributed by atoms with Crippen molar-refractivity contribution in [3.8, 4) is 0 Å². The summed E-state index contributed by atoms with van der Waals surface area (Å²) in [6.07, 6.45) is 21.4. The highest BCUT2D eigenvalue weighted by Crippen LogP contribution is 2.09. The lowest BCUT2D eigenvalue weighted by Crippen LogP contribution is -2.21. The van der Waals surface area contributed by atoms with Crippen LogP contribution in [-0.4, -0.2) is 24.0 Å². The first-order valence-corrected chi connectivity index (χ1v) is 11.1. The van der Waals surface area contributed by atoms with E-state index in [0.717, 1.165) is 32.0 Å². The molecule has 0 aromatic heterocycles. The maximum Gasteiger partial charge on any atom is 0.404 e. The molecule has 0 aromatic rings. The molecular formula is C22H45NO3. The van der Waals surface area contributed by atoms with E-state index in [1.54, 1.807) is 0 Å². The SMILES string of the molecule is CCCCCCCCCCC=O.CCCCCCCCCCNC(=O)O. The van der Waals surface area contributed by atoms with E-state index >= 15 is 0 Å². The first-order valence-electron chi connectivity index (χ1n) is 11.1. The van der Waals surface area contributed by atoms with Crippen molar-refractivity contribution in [2.24, 2.45) is 0 Å². The van der Waals surface area contributed by atoms with Gasteiger partial charge in [-0.3, -0.25) is 0 Å². The lowest BCUT2D eigenvalue weighted by molar-refractivity contribution is -0.107. The molecule has 0 unspecified atom stereocenters. The van der Waals surface area contributed by atoms with Gasteiger partial charge in [-0.2, -0.15) is 0 Å². The molecule has 0 aliphatic heterocycles. The first kappa shape index (κ1) is 27.2. The third kappa shape index (κ3) is 30.8. The molecule has 0 rings (SSSR count). The van der Waals surface area contributed by atoms with Crippen LogP contribution in [-0.2, 0) is 4.79 Å². The van der Waals surface area contributed by atoms with Crippen molar-refractivity contribution in [3.05, 3.63) is 0 Å². The zero-order valence-corrected chi connectivity index (χ0v) is 17.6. The van der Waals surface area contributed by atoms with Crippen LogP contribution in [0.15, 0.2) is 0 Å². The molecule has 0 aliphatic carbocycles. The molecular weight excluding hydrogens is 326 g/mol. The Bertz CT molecular complexity index is 283. The fourth-order valence-corrected chi connectivity index (χ4v) is 2.82. The Morgan fingerprint density at radius 2 is 1.08 bits per heavy atom. The van der Waals surface area contributed by atoms with Crippen LogP contribution in [0, 0.1) is 0 Å². The molecule has 156 valence electrons. The summed E-state index contributed by atoms with van der Waals surface area (Å²) in [6, 6.07) is 0. The molecule has 0 aromatic carbocycles. The van der Waals surface area contributed by atoms with Gasteiger partial charge in [0, 0.05) is 13.0 Å². The van der Waals surface area contributed by atoms with Gasteiger partial charge in [-0.25, -0.2) is 4.79 Å². The quantitative estimate of drug-likeness (QED) is 0.199. The van der Waals surface area contributed by atoms with Crippen LogP contribution in [0.5, 0.6) is 0 Å². The minimum atomic E-state index is -0.909. The van der Waals surface area contributed by atoms with Gasteiger partial charge in [-0.05, 0) is 12.8 Å². The van der Waals surface area contributed by atoms with Crippen LogP contribution >= 0.6 is 0 Å². The van der Waals surface area contributed by atoms with Gasteiger partial charge in [0.2, 0.25) is 0 Å². The lowest BCUT2D eigenvalue weighted by atomic mass is 10.1. The van der Waals surface area contributed by atoms with Gasteiger partial charge in [-0.1, -0.05) is 104 Å². The Balaban J connectivity index is 0. The van der Waals surface area contributed by atoms with Crippen molar-refractivity contribution < 1.29 is 14.7 Å². The van der Waals surface area contributed by atoms with E-state index in [2.05, 4.69) is 19.2 Å². The molecule has 1 amide bonds. The summed E-state index contributed by atoms with van der Waals surface area (Å²) in [5.74, 6) is 0. The summed E-state index contributed by atoms with van der Waals surface area (Å²) in [6.45, 7) is 5.06. The highest BCUT2D eigenvalue weighted by atomic mass is 16.4. The summed E-state index contributed by atoms with van der Waals surface area (Å²) in [5.41, 5.74) is 0. The van der Waals surface area contributed by atoms with Crippen LogP contribution in [0.3, 0.4) is 0 Å². The van der Waals surface area contributed by atoms with Crippen LogP contribution < -0.4 is 5.32 Å². The zero-order chi connectivity index (χ0) is 19.7. The van der Waals surface area contributed by atoms with Crippen molar-refractivity contribution in [1.29, 1.82) is 0 Å². The van der Waals surface area contributed by atoms with Crippen LogP contribution in [0.25, 0.3) is 0 Å². The van der Waals surface area contributed by atoms with Gasteiger partial charge in [0.15, 0.2) is 0 Å².